The number of nitrogens with one attached hydrogen (secondary N) is 1. The van der Waals surface area contributed by atoms with Gasteiger partial charge >= 0.3 is 12.1 Å². The summed E-state index contributed by atoms with van der Waals surface area (Å²) < 4.78 is 10.9. The maximum atomic E-state index is 13.2. The molecule has 0 bridgehead atoms. The Hall–Kier alpha value is -2.45. The number of hydrogen-bond donors (Lipinski definition) is 4. The zero-order chi connectivity index (χ0) is 23.6. The number of carbonyl (C=O) groups is 1. The quantitative estimate of drug-likeness (QED) is 0.363. The van der Waals surface area contributed by atoms with Gasteiger partial charge in [0.2, 0.25) is 0 Å². The average Bonchev–Trinajstić information content (AvgIpc) is 2.64. The minimum atomic E-state index is -3.39. The Morgan fingerprint density at radius 3 is 2.28 bits per heavy atom. The van der Waals surface area contributed by atoms with Gasteiger partial charge in [0, 0.05) is 12.2 Å². The lowest BCUT2D eigenvalue weighted by molar-refractivity contribution is -0.475. The van der Waals surface area contributed by atoms with Gasteiger partial charge in [0.25, 0.3) is 0 Å². The predicted octanol–water partition coefficient (Wildman–Crippen LogP) is 3.77. The molecule has 0 saturated heterocycles. The predicted molar refractivity (Wildman–Crippen MR) is 120 cm³/mol. The van der Waals surface area contributed by atoms with Gasteiger partial charge < -0.3 is 25.4 Å². The first-order valence-corrected chi connectivity index (χ1v) is 10.9. The number of rotatable bonds is 8. The molecule has 32 heavy (non-hydrogen) atoms. The lowest BCUT2D eigenvalue weighted by Crippen LogP contribution is -2.50. The van der Waals surface area contributed by atoms with Crippen molar-refractivity contribution in [2.45, 2.75) is 71.4 Å². The first kappa shape index (κ1) is 24.2. The van der Waals surface area contributed by atoms with E-state index in [4.69, 9.17) is 9.47 Å². The van der Waals surface area contributed by atoms with Crippen LogP contribution in [0.15, 0.2) is 48.5 Å². The van der Waals surface area contributed by atoms with Crippen molar-refractivity contribution >= 4 is 11.7 Å². The number of esters is 1. The zero-order valence-electron chi connectivity index (χ0n) is 19.1. The first-order chi connectivity index (χ1) is 14.9. The summed E-state index contributed by atoms with van der Waals surface area (Å²) in [6, 6.07) is 15.4. The van der Waals surface area contributed by atoms with E-state index >= 15 is 0 Å². The maximum absolute atomic E-state index is 13.2. The molecule has 174 valence electrons. The molecule has 7 nitrogen and oxygen atoms in total. The van der Waals surface area contributed by atoms with Crippen LogP contribution >= 0.6 is 0 Å². The van der Waals surface area contributed by atoms with Crippen molar-refractivity contribution in [2.75, 3.05) is 5.32 Å². The van der Waals surface area contributed by atoms with Crippen molar-refractivity contribution in [1.82, 2.24) is 0 Å². The summed E-state index contributed by atoms with van der Waals surface area (Å²) in [5, 5.41) is 32.3. The summed E-state index contributed by atoms with van der Waals surface area (Å²) in [7, 11) is 0. The normalized spacial score (nSPS) is 16.7. The van der Waals surface area contributed by atoms with Gasteiger partial charge in [-0.15, -0.1) is 0 Å². The van der Waals surface area contributed by atoms with Crippen LogP contribution in [0.1, 0.15) is 62.8 Å². The van der Waals surface area contributed by atoms with Crippen molar-refractivity contribution in [1.29, 1.82) is 0 Å². The Labute approximate surface area is 189 Å². The smallest absolute Gasteiger partial charge is 0.405 e. The zero-order valence-corrected chi connectivity index (χ0v) is 19.1. The van der Waals surface area contributed by atoms with Crippen molar-refractivity contribution in [3.05, 3.63) is 65.2 Å². The molecule has 0 radical (unpaired) electrons. The topological polar surface area (TPSA) is 108 Å². The lowest BCUT2D eigenvalue weighted by Gasteiger charge is -2.46. The highest BCUT2D eigenvalue weighted by Gasteiger charge is 2.55. The maximum Gasteiger partial charge on any atom is 0.405 e. The SMILES string of the molecule is Cc1ccc(C(OC(O)(O)O)C2(C(=O)OC(C)(C)C)CCC2)cc1NCc1ccccc1. The third-order valence-electron chi connectivity index (χ3n) is 5.72. The van der Waals surface area contributed by atoms with E-state index in [0.29, 0.717) is 24.9 Å². The van der Waals surface area contributed by atoms with Crippen LogP contribution in [0.25, 0.3) is 0 Å². The average molecular weight is 444 g/mol. The van der Waals surface area contributed by atoms with Crippen LogP contribution in [0.3, 0.4) is 0 Å². The number of aryl methyl sites for hydroxylation is 1. The molecular weight excluding hydrogens is 410 g/mol. The fourth-order valence-corrected chi connectivity index (χ4v) is 3.96. The molecule has 0 aromatic heterocycles. The molecule has 0 spiro atoms. The van der Waals surface area contributed by atoms with Crippen LogP contribution < -0.4 is 5.32 Å². The van der Waals surface area contributed by atoms with E-state index in [2.05, 4.69) is 5.32 Å². The lowest BCUT2D eigenvalue weighted by atomic mass is 9.63. The highest BCUT2D eigenvalue weighted by atomic mass is 16.9. The molecule has 1 aliphatic rings. The van der Waals surface area contributed by atoms with Crippen LogP contribution in [0.5, 0.6) is 0 Å². The van der Waals surface area contributed by atoms with Crippen molar-refractivity contribution in [3.8, 4) is 0 Å². The standard InChI is InChI=1S/C25H33NO6/c1-17-11-12-19(15-20(17)26-16-18-9-6-5-7-10-18)21(31-25(28,29)30)24(13-8-14-24)22(27)32-23(2,3)4/h5-7,9-12,15,21,26,28-30H,8,13-14,16H2,1-4H3. The van der Waals surface area contributed by atoms with Crippen LogP contribution in [-0.4, -0.2) is 33.0 Å². The Kier molecular flexibility index (Phi) is 6.95. The van der Waals surface area contributed by atoms with Crippen LogP contribution in [-0.2, 0) is 20.8 Å². The number of anilines is 1. The van der Waals surface area contributed by atoms with E-state index in [1.165, 1.54) is 0 Å². The third-order valence-corrected chi connectivity index (χ3v) is 5.72. The molecule has 2 aromatic carbocycles. The van der Waals surface area contributed by atoms with Crippen molar-refractivity contribution < 1.29 is 29.6 Å². The summed E-state index contributed by atoms with van der Waals surface area (Å²) >= 11 is 0. The van der Waals surface area contributed by atoms with Crippen molar-refractivity contribution in [2.24, 2.45) is 5.41 Å². The third kappa shape index (κ3) is 5.86. The van der Waals surface area contributed by atoms with E-state index in [9.17, 15) is 20.1 Å². The second kappa shape index (κ2) is 9.19. The molecule has 1 aliphatic carbocycles. The van der Waals surface area contributed by atoms with Crippen LogP contribution in [0.4, 0.5) is 5.69 Å². The minimum absolute atomic E-state index is 0.448. The molecule has 4 N–H and O–H groups in total. The van der Waals surface area contributed by atoms with Crippen molar-refractivity contribution in [3.63, 3.8) is 0 Å². The Balaban J connectivity index is 1.94. The van der Waals surface area contributed by atoms with E-state index < -0.39 is 29.2 Å². The monoisotopic (exact) mass is 443 g/mol. The summed E-state index contributed by atoms with van der Waals surface area (Å²) in [5.41, 5.74) is 1.60. The van der Waals surface area contributed by atoms with Gasteiger partial charge in [-0.25, -0.2) is 0 Å². The molecule has 1 fully saturated rings. The molecule has 1 atom stereocenters. The molecule has 7 heteroatoms. The van der Waals surface area contributed by atoms with Gasteiger partial charge in [-0.05, 0) is 63.3 Å². The molecule has 0 amide bonds. The Bertz CT molecular complexity index is 926. The van der Waals surface area contributed by atoms with Crippen LogP contribution in [0.2, 0.25) is 0 Å². The minimum Gasteiger partial charge on any atom is -0.459 e. The highest BCUT2D eigenvalue weighted by Crippen LogP contribution is 2.54. The number of hydrogen-bond acceptors (Lipinski definition) is 7. The van der Waals surface area contributed by atoms with Gasteiger partial charge in [-0.2, -0.15) is 0 Å². The van der Waals surface area contributed by atoms with Gasteiger partial charge in [0.05, 0.1) is 5.41 Å². The largest absolute Gasteiger partial charge is 0.459 e. The van der Waals surface area contributed by atoms with Gasteiger partial charge in [0.15, 0.2) is 0 Å². The summed E-state index contributed by atoms with van der Waals surface area (Å²) in [4.78, 5) is 13.2. The molecule has 0 aliphatic heterocycles. The molecule has 2 aromatic rings. The number of benzene rings is 2. The Morgan fingerprint density at radius 2 is 1.75 bits per heavy atom. The number of aliphatic hydroxyl groups is 3. The summed E-state index contributed by atoms with van der Waals surface area (Å²) in [5.74, 6) is -0.482. The van der Waals surface area contributed by atoms with E-state index in [1.807, 2.05) is 49.4 Å². The number of ether oxygens (including phenoxy) is 2. The second-order valence-electron chi connectivity index (χ2n) is 9.50. The summed E-state index contributed by atoms with van der Waals surface area (Å²) in [6.45, 7) is 7.88. The van der Waals surface area contributed by atoms with Crippen LogP contribution in [0, 0.1) is 12.3 Å². The molecule has 0 heterocycles. The molecular formula is C25H33NO6. The van der Waals surface area contributed by atoms with E-state index in [0.717, 1.165) is 23.2 Å². The van der Waals surface area contributed by atoms with Gasteiger partial charge in [-0.1, -0.05) is 48.9 Å². The fourth-order valence-electron chi connectivity index (χ4n) is 3.96. The molecule has 3 rings (SSSR count). The Morgan fingerprint density at radius 1 is 1.09 bits per heavy atom. The van der Waals surface area contributed by atoms with E-state index in [1.54, 1.807) is 26.8 Å². The molecule has 1 saturated carbocycles. The van der Waals surface area contributed by atoms with Gasteiger partial charge in [-0.3, -0.25) is 9.53 Å². The fraction of sp³-hybridized carbons (Fsp3) is 0.480. The first-order valence-electron chi connectivity index (χ1n) is 10.9. The summed E-state index contributed by atoms with van der Waals surface area (Å²) in [6.07, 6.45) is -2.84. The highest BCUT2D eigenvalue weighted by molar-refractivity contribution is 5.79. The molecule has 1 unspecified atom stereocenters. The number of carbonyl (C=O) groups excluding carboxylic acids is 1. The van der Waals surface area contributed by atoms with Gasteiger partial charge in [0.1, 0.15) is 11.7 Å². The van der Waals surface area contributed by atoms with E-state index in [-0.39, 0.29) is 0 Å². The second-order valence-corrected chi connectivity index (χ2v) is 9.50.